The van der Waals surface area contributed by atoms with Crippen LogP contribution in [0.4, 0.5) is 0 Å². The van der Waals surface area contributed by atoms with Crippen molar-refractivity contribution in [1.82, 2.24) is 0 Å². The maximum atomic E-state index is 11.5. The zero-order valence-corrected chi connectivity index (χ0v) is 12.8. The molecule has 5 heteroatoms. The smallest absolute Gasteiger partial charge is 0.337 e. The topological polar surface area (TPSA) is 54.0 Å². The number of benzene rings is 2. The molecular weight excluding hydrogens is 284 g/mol. The summed E-state index contributed by atoms with van der Waals surface area (Å²) in [7, 11) is 4.51. The average Bonchev–Trinajstić information content (AvgIpc) is 2.58. The van der Waals surface area contributed by atoms with Crippen molar-refractivity contribution >= 4 is 5.97 Å². The van der Waals surface area contributed by atoms with Crippen molar-refractivity contribution in [3.63, 3.8) is 0 Å². The summed E-state index contributed by atoms with van der Waals surface area (Å²) in [5.74, 6) is 1.46. The van der Waals surface area contributed by atoms with Gasteiger partial charge in [0.2, 0.25) is 0 Å². The van der Waals surface area contributed by atoms with Crippen LogP contribution in [0.1, 0.15) is 15.9 Å². The SMILES string of the molecule is COC(=O)c1cccc(OCc2cccc(OC)c2OC)c1. The first-order valence-corrected chi connectivity index (χ1v) is 6.70. The highest BCUT2D eigenvalue weighted by Crippen LogP contribution is 2.31. The molecule has 2 aromatic rings. The van der Waals surface area contributed by atoms with Gasteiger partial charge in [-0.25, -0.2) is 4.79 Å². The summed E-state index contributed by atoms with van der Waals surface area (Å²) in [4.78, 5) is 11.5. The highest BCUT2D eigenvalue weighted by Gasteiger charge is 2.11. The fraction of sp³-hybridized carbons (Fsp3) is 0.235. The van der Waals surface area contributed by atoms with Gasteiger partial charge < -0.3 is 18.9 Å². The average molecular weight is 302 g/mol. The predicted octanol–water partition coefficient (Wildman–Crippen LogP) is 3.07. The number of ether oxygens (including phenoxy) is 4. The molecule has 2 aromatic carbocycles. The summed E-state index contributed by atoms with van der Waals surface area (Å²) in [6.07, 6.45) is 0. The zero-order chi connectivity index (χ0) is 15.9. The molecule has 0 spiro atoms. The fourth-order valence-corrected chi connectivity index (χ4v) is 2.06. The number of rotatable bonds is 6. The van der Waals surface area contributed by atoms with E-state index < -0.39 is 5.97 Å². The van der Waals surface area contributed by atoms with Gasteiger partial charge in [-0.2, -0.15) is 0 Å². The second-order valence-electron chi connectivity index (χ2n) is 4.46. The fourth-order valence-electron chi connectivity index (χ4n) is 2.06. The van der Waals surface area contributed by atoms with Gasteiger partial charge in [-0.05, 0) is 24.3 Å². The Morgan fingerprint density at radius 2 is 1.77 bits per heavy atom. The van der Waals surface area contributed by atoms with Crippen LogP contribution < -0.4 is 14.2 Å². The van der Waals surface area contributed by atoms with Crippen molar-refractivity contribution < 1.29 is 23.7 Å². The van der Waals surface area contributed by atoms with Crippen molar-refractivity contribution in [2.24, 2.45) is 0 Å². The molecule has 0 amide bonds. The number of hydrogen-bond donors (Lipinski definition) is 0. The summed E-state index contributed by atoms with van der Waals surface area (Å²) in [6.45, 7) is 0.297. The maximum absolute atomic E-state index is 11.5. The molecule has 0 aromatic heterocycles. The van der Waals surface area contributed by atoms with Crippen molar-refractivity contribution in [2.75, 3.05) is 21.3 Å². The van der Waals surface area contributed by atoms with E-state index in [2.05, 4.69) is 4.74 Å². The molecule has 0 aliphatic carbocycles. The van der Waals surface area contributed by atoms with Gasteiger partial charge in [-0.3, -0.25) is 0 Å². The van der Waals surface area contributed by atoms with E-state index in [1.54, 1.807) is 38.5 Å². The molecule has 0 saturated carbocycles. The molecule has 0 N–H and O–H groups in total. The summed E-state index contributed by atoms with van der Waals surface area (Å²) >= 11 is 0. The molecule has 116 valence electrons. The molecule has 2 rings (SSSR count). The molecule has 0 radical (unpaired) electrons. The molecule has 0 unspecified atom stereocenters. The van der Waals surface area contributed by atoms with Gasteiger partial charge in [0.1, 0.15) is 12.4 Å². The molecule has 5 nitrogen and oxygen atoms in total. The minimum absolute atomic E-state index is 0.297. The highest BCUT2D eigenvalue weighted by atomic mass is 16.5. The van der Waals surface area contributed by atoms with E-state index in [1.807, 2.05) is 18.2 Å². The van der Waals surface area contributed by atoms with E-state index in [1.165, 1.54) is 7.11 Å². The Kier molecular flexibility index (Phi) is 5.25. The summed E-state index contributed by atoms with van der Waals surface area (Å²) in [5.41, 5.74) is 1.29. The Labute approximate surface area is 129 Å². The van der Waals surface area contributed by atoms with Crippen LogP contribution in [0.15, 0.2) is 42.5 Å². The van der Waals surface area contributed by atoms with Crippen LogP contribution in [0.5, 0.6) is 17.2 Å². The Balaban J connectivity index is 2.15. The van der Waals surface area contributed by atoms with Crippen molar-refractivity contribution in [3.8, 4) is 17.2 Å². The summed E-state index contributed by atoms with van der Waals surface area (Å²) < 4.78 is 21.0. The first kappa shape index (κ1) is 15.7. The molecule has 0 fully saturated rings. The number of para-hydroxylation sites is 1. The molecular formula is C17H18O5. The number of esters is 1. The third kappa shape index (κ3) is 3.49. The Hall–Kier alpha value is -2.69. The third-order valence-electron chi connectivity index (χ3n) is 3.13. The van der Waals surface area contributed by atoms with E-state index in [-0.39, 0.29) is 0 Å². The van der Waals surface area contributed by atoms with Gasteiger partial charge in [0.05, 0.1) is 26.9 Å². The molecule has 0 saturated heterocycles. The Morgan fingerprint density at radius 1 is 1.00 bits per heavy atom. The lowest BCUT2D eigenvalue weighted by Gasteiger charge is -2.13. The van der Waals surface area contributed by atoms with Gasteiger partial charge in [0.15, 0.2) is 11.5 Å². The van der Waals surface area contributed by atoms with E-state index in [0.717, 1.165) is 5.56 Å². The number of hydrogen-bond acceptors (Lipinski definition) is 5. The van der Waals surface area contributed by atoms with Crippen LogP contribution in [0.2, 0.25) is 0 Å². The first-order chi connectivity index (χ1) is 10.7. The van der Waals surface area contributed by atoms with Gasteiger partial charge in [0.25, 0.3) is 0 Å². The largest absolute Gasteiger partial charge is 0.493 e. The van der Waals surface area contributed by atoms with Crippen molar-refractivity contribution in [2.45, 2.75) is 6.61 Å². The number of carbonyl (C=O) groups excluding carboxylic acids is 1. The first-order valence-electron chi connectivity index (χ1n) is 6.70. The quantitative estimate of drug-likeness (QED) is 0.768. The van der Waals surface area contributed by atoms with Crippen LogP contribution in [0.3, 0.4) is 0 Å². The Bertz CT molecular complexity index is 651. The van der Waals surface area contributed by atoms with E-state index in [4.69, 9.17) is 14.2 Å². The summed E-state index contributed by atoms with van der Waals surface area (Å²) in [5, 5.41) is 0. The normalized spacial score (nSPS) is 9.95. The van der Waals surface area contributed by atoms with Gasteiger partial charge in [0, 0.05) is 5.56 Å². The Morgan fingerprint density at radius 3 is 2.45 bits per heavy atom. The summed E-state index contributed by atoms with van der Waals surface area (Å²) in [6, 6.07) is 12.4. The van der Waals surface area contributed by atoms with E-state index in [0.29, 0.717) is 29.4 Å². The van der Waals surface area contributed by atoms with Gasteiger partial charge in [-0.1, -0.05) is 18.2 Å². The maximum Gasteiger partial charge on any atom is 0.337 e. The second-order valence-corrected chi connectivity index (χ2v) is 4.46. The van der Waals surface area contributed by atoms with E-state index >= 15 is 0 Å². The lowest BCUT2D eigenvalue weighted by Crippen LogP contribution is -2.03. The van der Waals surface area contributed by atoms with Crippen LogP contribution in [0.25, 0.3) is 0 Å². The number of methoxy groups -OCH3 is 3. The van der Waals surface area contributed by atoms with Crippen LogP contribution >= 0.6 is 0 Å². The van der Waals surface area contributed by atoms with Crippen LogP contribution in [-0.4, -0.2) is 27.3 Å². The monoisotopic (exact) mass is 302 g/mol. The van der Waals surface area contributed by atoms with Crippen LogP contribution in [0, 0.1) is 0 Å². The third-order valence-corrected chi connectivity index (χ3v) is 3.13. The van der Waals surface area contributed by atoms with Crippen molar-refractivity contribution in [3.05, 3.63) is 53.6 Å². The highest BCUT2D eigenvalue weighted by molar-refractivity contribution is 5.89. The van der Waals surface area contributed by atoms with E-state index in [9.17, 15) is 4.79 Å². The molecule has 22 heavy (non-hydrogen) atoms. The lowest BCUT2D eigenvalue weighted by atomic mass is 10.2. The molecule has 0 bridgehead atoms. The van der Waals surface area contributed by atoms with Crippen LogP contribution in [-0.2, 0) is 11.3 Å². The molecule has 0 heterocycles. The standard InChI is InChI=1S/C17H18O5/c1-19-15-9-5-7-13(16(15)20-2)11-22-14-8-4-6-12(10-14)17(18)21-3/h4-10H,11H2,1-3H3. The minimum atomic E-state index is -0.399. The molecule has 0 atom stereocenters. The predicted molar refractivity (Wildman–Crippen MR) is 81.7 cm³/mol. The zero-order valence-electron chi connectivity index (χ0n) is 12.8. The minimum Gasteiger partial charge on any atom is -0.493 e. The van der Waals surface area contributed by atoms with Crippen molar-refractivity contribution in [1.29, 1.82) is 0 Å². The second kappa shape index (κ2) is 7.36. The number of carbonyl (C=O) groups is 1. The van der Waals surface area contributed by atoms with Gasteiger partial charge >= 0.3 is 5.97 Å². The lowest BCUT2D eigenvalue weighted by molar-refractivity contribution is 0.0600. The molecule has 0 aliphatic rings. The molecule has 0 aliphatic heterocycles. The van der Waals surface area contributed by atoms with Gasteiger partial charge in [-0.15, -0.1) is 0 Å².